The van der Waals surface area contributed by atoms with Crippen molar-refractivity contribution in [3.8, 4) is 0 Å². The Morgan fingerprint density at radius 1 is 0.546 bits per heavy atom. The van der Waals surface area contributed by atoms with Gasteiger partial charge in [0.25, 0.3) is 0 Å². The molecule has 12 amide bonds. The SMILES string of the molecule is CC[C@H](C)[C@@H]1NC(=O)[C@@H]2CCCCCN2C(=O)C[C@@H](C(=O)N2CCOCC2)N(C)C(=O)[C@H](C2CCCC2)N(C)C(=O)C2(CCCC2)NC(=O)[C@@H]2CCCN2C(=O)[C@H](CCC2CC(F)C(C(F)(F)F)C(F)C2)NC(=O)CN(C)C(=O)[C@H](CC2CCC(C(F)(F)F)CC2)N2CCCC[C@@H](C2=O)N(C)C(=O)CN(C)C1=O. The molecule has 0 aromatic heterocycles. The van der Waals surface area contributed by atoms with Gasteiger partial charge in [-0.1, -0.05) is 58.8 Å². The van der Waals surface area contributed by atoms with Crippen LogP contribution in [0.2, 0.25) is 0 Å². The summed E-state index contributed by atoms with van der Waals surface area (Å²) in [6, 6.07) is -10.8. The topological polar surface area (TPSA) is 279 Å². The molecular formula is C75H114F8N12O13. The minimum absolute atomic E-state index is 0.0212. The highest BCUT2D eigenvalue weighted by atomic mass is 19.4. The maximum atomic E-state index is 15.8. The van der Waals surface area contributed by atoms with Gasteiger partial charge in [-0.3, -0.25) is 57.5 Å². The van der Waals surface area contributed by atoms with Gasteiger partial charge in [0.2, 0.25) is 70.9 Å². The Morgan fingerprint density at radius 3 is 1.75 bits per heavy atom. The van der Waals surface area contributed by atoms with E-state index in [-0.39, 0.29) is 123 Å². The number of alkyl halides is 8. The fraction of sp³-hybridized carbons (Fsp3) is 0.840. The van der Waals surface area contributed by atoms with Crippen LogP contribution in [0.5, 0.6) is 0 Å². The van der Waals surface area contributed by atoms with Gasteiger partial charge in [-0.05, 0) is 152 Å². The summed E-state index contributed by atoms with van der Waals surface area (Å²) >= 11 is 0. The van der Waals surface area contributed by atoms with Gasteiger partial charge < -0.3 is 64.8 Å². The molecule has 33 heteroatoms. The van der Waals surface area contributed by atoms with Crippen LogP contribution >= 0.6 is 0 Å². The average molecular weight is 1540 g/mol. The summed E-state index contributed by atoms with van der Waals surface area (Å²) < 4.78 is 121. The Labute approximate surface area is 628 Å². The number of carbonyl (C=O) groups is 12. The molecule has 5 heterocycles. The molecule has 9 fully saturated rings. The summed E-state index contributed by atoms with van der Waals surface area (Å²) in [4.78, 5) is 193. The summed E-state index contributed by atoms with van der Waals surface area (Å²) in [5.74, 6) is -15.9. The number of hydrogen-bond donors (Lipinski definition) is 3. The number of rotatable bonds is 9. The van der Waals surface area contributed by atoms with Gasteiger partial charge in [0.1, 0.15) is 72.1 Å². The Balaban J connectivity index is 1.09. The zero-order chi connectivity index (χ0) is 78.9. The largest absolute Gasteiger partial charge is 0.397 e. The van der Waals surface area contributed by atoms with Crippen LogP contribution < -0.4 is 16.0 Å². The van der Waals surface area contributed by atoms with E-state index >= 15 is 51.9 Å². The number of fused-ring (bicyclic) bond motifs is 4. The number of amides is 12. The van der Waals surface area contributed by atoms with E-state index in [2.05, 4.69) is 16.0 Å². The monoisotopic (exact) mass is 1540 g/mol. The van der Waals surface area contributed by atoms with E-state index in [9.17, 15) is 40.7 Å². The van der Waals surface area contributed by atoms with Crippen LogP contribution in [0.25, 0.3) is 0 Å². The van der Waals surface area contributed by atoms with E-state index < -0.39 is 224 Å². The average Bonchev–Trinajstić information content (AvgIpc) is 1.58. The van der Waals surface area contributed by atoms with Crippen LogP contribution in [-0.4, -0.2) is 288 Å². The van der Waals surface area contributed by atoms with Crippen LogP contribution in [0, 0.1) is 35.5 Å². The van der Waals surface area contributed by atoms with Crippen LogP contribution in [0.4, 0.5) is 35.1 Å². The van der Waals surface area contributed by atoms with E-state index in [0.29, 0.717) is 77.0 Å². The first kappa shape index (κ1) is 85.0. The number of nitrogens with zero attached hydrogens (tertiary/aromatic N) is 9. The smallest absolute Gasteiger partial charge is 0.378 e. The highest BCUT2D eigenvalue weighted by Crippen LogP contribution is 2.46. The van der Waals surface area contributed by atoms with E-state index in [1.54, 1.807) is 13.8 Å². The number of nitrogens with one attached hydrogen (secondary N) is 3. The third-order valence-corrected chi connectivity index (χ3v) is 25.2. The lowest BCUT2D eigenvalue weighted by Crippen LogP contribution is -2.65. The summed E-state index contributed by atoms with van der Waals surface area (Å²) in [6.45, 7) is 2.60. The predicted molar refractivity (Wildman–Crippen MR) is 377 cm³/mol. The van der Waals surface area contributed by atoms with Crippen molar-refractivity contribution in [3.05, 3.63) is 0 Å². The van der Waals surface area contributed by atoms with Gasteiger partial charge in [0.15, 0.2) is 0 Å². The van der Waals surface area contributed by atoms with E-state index in [4.69, 9.17) is 4.74 Å². The van der Waals surface area contributed by atoms with Gasteiger partial charge in [0.05, 0.1) is 38.6 Å². The molecule has 4 aliphatic carbocycles. The predicted octanol–water partition coefficient (Wildman–Crippen LogP) is 6.23. The molecule has 0 radical (unpaired) electrons. The molecule has 2 bridgehead atoms. The Kier molecular flexibility index (Phi) is 29.1. The van der Waals surface area contributed by atoms with Crippen molar-refractivity contribution >= 4 is 70.9 Å². The van der Waals surface area contributed by atoms with Crippen molar-refractivity contribution in [2.75, 3.05) is 94.3 Å². The van der Waals surface area contributed by atoms with Crippen molar-refractivity contribution in [1.29, 1.82) is 0 Å². The molecule has 9 aliphatic rings. The number of ether oxygens (including phenoxy) is 1. The molecule has 25 nitrogen and oxygen atoms in total. The number of halogens is 8. The highest BCUT2D eigenvalue weighted by Gasteiger charge is 2.56. The van der Waals surface area contributed by atoms with E-state index in [0.717, 1.165) is 14.7 Å². The zero-order valence-electron chi connectivity index (χ0n) is 63.8. The summed E-state index contributed by atoms with van der Waals surface area (Å²) in [5, 5.41) is 8.57. The third-order valence-electron chi connectivity index (χ3n) is 25.2. The first-order valence-electron chi connectivity index (χ1n) is 39.5. The summed E-state index contributed by atoms with van der Waals surface area (Å²) in [6.07, 6.45) is -11.9. The second-order valence-corrected chi connectivity index (χ2v) is 32.4. The second-order valence-electron chi connectivity index (χ2n) is 32.4. The Morgan fingerprint density at radius 2 is 1.12 bits per heavy atom. The van der Waals surface area contributed by atoms with Crippen molar-refractivity contribution in [2.45, 2.75) is 272 Å². The molecule has 5 aliphatic heterocycles. The summed E-state index contributed by atoms with van der Waals surface area (Å²) in [5.41, 5.74) is -1.66. The van der Waals surface area contributed by atoms with E-state index in [1.807, 2.05) is 0 Å². The zero-order valence-corrected chi connectivity index (χ0v) is 63.8. The first-order valence-corrected chi connectivity index (χ1v) is 39.5. The van der Waals surface area contributed by atoms with Crippen molar-refractivity contribution in [2.24, 2.45) is 35.5 Å². The standard InChI is InChI=1S/C75H114F8N12O13/c1-8-45(2)62-70(105)88(4)44-60(98)89(5)55-22-13-17-33-95(69(55)104)57(41-46-24-27-49(28-25-46)74(78,79)80)67(102)87(3)43-58(96)84-52(29-26-47-39-50(76)61(51(77)40-47)75(81,82)83)66(101)94-34-18-23-54(94)65(100)86-73(30-14-15-31-73)72(107)91(7)63(48-19-11-12-20-48)71(106)90(6)56(68(103)92-35-37-108-38-36-92)42-59(97)93-32-16-9-10-21-53(93)64(99)85-62/h45-57,61-63H,8-44H2,1-7H3,(H,84,96)(H,85,99)(H,86,100)/t45-,46?,47?,49?,50?,51?,52-,53-,54-,55-,56-,57-,61?,62-,63-/m0/s1. The minimum atomic E-state index is -5.20. The summed E-state index contributed by atoms with van der Waals surface area (Å²) in [7, 11) is 6.82. The lowest BCUT2D eigenvalue weighted by Gasteiger charge is -2.42. The maximum absolute atomic E-state index is 15.8. The van der Waals surface area contributed by atoms with Gasteiger partial charge in [0, 0.05) is 68.0 Å². The molecule has 5 saturated heterocycles. The molecule has 9 rings (SSSR count). The Hall–Kier alpha value is -6.96. The number of hydrogen-bond acceptors (Lipinski definition) is 13. The Bertz CT molecular complexity index is 3210. The fourth-order valence-electron chi connectivity index (χ4n) is 18.5. The molecule has 3 N–H and O–H groups in total. The highest BCUT2D eigenvalue weighted by molar-refractivity contribution is 6.01. The number of carbonyl (C=O) groups excluding carboxylic acids is 12. The molecule has 108 heavy (non-hydrogen) atoms. The van der Waals surface area contributed by atoms with Crippen LogP contribution in [0.15, 0.2) is 0 Å². The van der Waals surface area contributed by atoms with E-state index in [1.165, 1.54) is 64.6 Å². The molecule has 608 valence electrons. The minimum Gasteiger partial charge on any atom is -0.378 e. The lowest BCUT2D eigenvalue weighted by atomic mass is 9.76. The third kappa shape index (κ3) is 20.0. The van der Waals surface area contributed by atoms with Crippen LogP contribution in [0.3, 0.4) is 0 Å². The molecule has 0 aromatic carbocycles. The van der Waals surface area contributed by atoms with Crippen LogP contribution in [-0.2, 0) is 62.3 Å². The number of morpholine rings is 1. The van der Waals surface area contributed by atoms with Crippen molar-refractivity contribution in [3.63, 3.8) is 0 Å². The van der Waals surface area contributed by atoms with Crippen LogP contribution in [0.1, 0.15) is 194 Å². The molecule has 2 unspecified atom stereocenters. The normalized spacial score (nSPS) is 32.7. The quantitative estimate of drug-likeness (QED) is 0.216. The maximum Gasteiger partial charge on any atom is 0.397 e. The molecular weight excluding hydrogens is 1430 g/mol. The molecule has 0 aromatic rings. The molecule has 1 spiro atoms. The van der Waals surface area contributed by atoms with Gasteiger partial charge in [-0.15, -0.1) is 0 Å². The number of likely N-dealkylation sites (N-methyl/N-ethyl adjacent to an activating group) is 5. The van der Waals surface area contributed by atoms with Gasteiger partial charge in [-0.2, -0.15) is 26.3 Å². The van der Waals surface area contributed by atoms with Gasteiger partial charge >= 0.3 is 12.4 Å². The molecule has 4 saturated carbocycles. The van der Waals surface area contributed by atoms with Gasteiger partial charge in [-0.25, -0.2) is 8.78 Å². The second kappa shape index (κ2) is 36.9. The first-order chi connectivity index (χ1) is 51.1. The van der Waals surface area contributed by atoms with Crippen molar-refractivity contribution in [1.82, 2.24) is 60.0 Å². The molecule has 11 atom stereocenters. The van der Waals surface area contributed by atoms with Crippen molar-refractivity contribution < 1.29 is 97.4 Å². The lowest BCUT2D eigenvalue weighted by molar-refractivity contribution is -0.219. The fourth-order valence-corrected chi connectivity index (χ4v) is 18.5.